The quantitative estimate of drug-likeness (QED) is 0.726. The van der Waals surface area contributed by atoms with Gasteiger partial charge in [-0.1, -0.05) is 31.5 Å². The lowest BCUT2D eigenvalue weighted by molar-refractivity contribution is 0.296. The van der Waals surface area contributed by atoms with E-state index in [4.69, 9.17) is 23.2 Å². The van der Waals surface area contributed by atoms with Crippen LogP contribution in [0.5, 0.6) is 0 Å². The standard InChI is InChI=1S/C14H18Cl2N2/c1-4-14(3,5-2)18-12(9-15)17-11-8-6-7-10(16)13(11)18/h6-8H,4-5,9H2,1-3H3. The summed E-state index contributed by atoms with van der Waals surface area (Å²) in [6.45, 7) is 6.60. The molecule has 18 heavy (non-hydrogen) atoms. The van der Waals surface area contributed by atoms with E-state index in [9.17, 15) is 0 Å². The Kier molecular flexibility index (Phi) is 3.88. The van der Waals surface area contributed by atoms with E-state index in [0.717, 1.165) is 34.7 Å². The summed E-state index contributed by atoms with van der Waals surface area (Å²) in [5.41, 5.74) is 1.93. The summed E-state index contributed by atoms with van der Waals surface area (Å²) >= 11 is 12.4. The second-order valence-electron chi connectivity index (χ2n) is 4.81. The van der Waals surface area contributed by atoms with E-state index in [1.54, 1.807) is 0 Å². The van der Waals surface area contributed by atoms with Crippen molar-refractivity contribution in [2.45, 2.75) is 45.0 Å². The summed E-state index contributed by atoms with van der Waals surface area (Å²) < 4.78 is 2.22. The molecule has 0 radical (unpaired) electrons. The van der Waals surface area contributed by atoms with Crippen molar-refractivity contribution < 1.29 is 0 Å². The molecular weight excluding hydrogens is 267 g/mol. The van der Waals surface area contributed by atoms with Crippen LogP contribution in [-0.4, -0.2) is 9.55 Å². The number of fused-ring (bicyclic) bond motifs is 1. The Balaban J connectivity index is 2.82. The van der Waals surface area contributed by atoms with E-state index in [1.165, 1.54) is 0 Å². The first-order valence-corrected chi connectivity index (χ1v) is 7.21. The molecule has 0 amide bonds. The van der Waals surface area contributed by atoms with Crippen LogP contribution in [0.2, 0.25) is 5.02 Å². The molecule has 2 rings (SSSR count). The molecule has 1 heterocycles. The number of hydrogen-bond donors (Lipinski definition) is 0. The van der Waals surface area contributed by atoms with Crippen LogP contribution in [0.4, 0.5) is 0 Å². The van der Waals surface area contributed by atoms with Gasteiger partial charge in [0.05, 0.1) is 21.9 Å². The van der Waals surface area contributed by atoms with Crippen molar-refractivity contribution in [3.05, 3.63) is 29.0 Å². The number of benzene rings is 1. The SMILES string of the molecule is CCC(C)(CC)n1c(CCl)nc2cccc(Cl)c21. The maximum Gasteiger partial charge on any atom is 0.125 e. The van der Waals surface area contributed by atoms with Crippen molar-refractivity contribution in [1.29, 1.82) is 0 Å². The minimum atomic E-state index is 0.00394. The van der Waals surface area contributed by atoms with Crippen molar-refractivity contribution in [3.63, 3.8) is 0 Å². The Hall–Kier alpha value is -0.730. The minimum absolute atomic E-state index is 0.00394. The Bertz CT molecular complexity index is 556. The van der Waals surface area contributed by atoms with Gasteiger partial charge in [-0.25, -0.2) is 4.98 Å². The predicted molar refractivity (Wildman–Crippen MR) is 78.5 cm³/mol. The summed E-state index contributed by atoms with van der Waals surface area (Å²) in [6.07, 6.45) is 2.04. The molecule has 0 fully saturated rings. The first kappa shape index (κ1) is 13.7. The van der Waals surface area contributed by atoms with Gasteiger partial charge in [-0.2, -0.15) is 0 Å². The van der Waals surface area contributed by atoms with Gasteiger partial charge >= 0.3 is 0 Å². The van der Waals surface area contributed by atoms with Gasteiger partial charge in [0.2, 0.25) is 0 Å². The van der Waals surface area contributed by atoms with Crippen LogP contribution >= 0.6 is 23.2 Å². The molecule has 0 saturated heterocycles. The zero-order chi connectivity index (χ0) is 13.3. The van der Waals surface area contributed by atoms with Crippen LogP contribution < -0.4 is 0 Å². The Morgan fingerprint density at radius 2 is 1.94 bits per heavy atom. The lowest BCUT2D eigenvalue weighted by atomic mass is 9.94. The zero-order valence-corrected chi connectivity index (χ0v) is 12.5. The average molecular weight is 285 g/mol. The van der Waals surface area contributed by atoms with Crippen LogP contribution in [0.25, 0.3) is 11.0 Å². The second kappa shape index (κ2) is 5.10. The highest BCUT2D eigenvalue weighted by molar-refractivity contribution is 6.35. The van der Waals surface area contributed by atoms with Crippen molar-refractivity contribution >= 4 is 34.2 Å². The lowest BCUT2D eigenvalue weighted by Crippen LogP contribution is -2.30. The van der Waals surface area contributed by atoms with Gasteiger partial charge in [0, 0.05) is 5.54 Å². The number of nitrogens with zero attached hydrogens (tertiary/aromatic N) is 2. The molecule has 0 atom stereocenters. The third-order valence-corrected chi connectivity index (χ3v) is 4.42. The number of halogens is 2. The number of aromatic nitrogens is 2. The fourth-order valence-corrected chi connectivity index (χ4v) is 2.80. The summed E-state index contributed by atoms with van der Waals surface area (Å²) in [4.78, 5) is 4.60. The van der Waals surface area contributed by atoms with E-state index in [-0.39, 0.29) is 5.54 Å². The fraction of sp³-hybridized carbons (Fsp3) is 0.500. The van der Waals surface area contributed by atoms with Crippen LogP contribution in [-0.2, 0) is 11.4 Å². The summed E-state index contributed by atoms with van der Waals surface area (Å²) in [5.74, 6) is 1.30. The molecule has 2 aromatic rings. The average Bonchev–Trinajstić information content (AvgIpc) is 2.78. The summed E-state index contributed by atoms with van der Waals surface area (Å²) in [5, 5.41) is 0.740. The molecular formula is C14H18Cl2N2. The Morgan fingerprint density at radius 3 is 2.50 bits per heavy atom. The highest BCUT2D eigenvalue weighted by Crippen LogP contribution is 2.34. The molecule has 1 aromatic carbocycles. The third kappa shape index (κ3) is 2.02. The van der Waals surface area contributed by atoms with Gasteiger partial charge in [-0.15, -0.1) is 11.6 Å². The molecule has 1 aromatic heterocycles. The first-order chi connectivity index (χ1) is 8.57. The highest BCUT2D eigenvalue weighted by Gasteiger charge is 2.28. The van der Waals surface area contributed by atoms with Crippen LogP contribution in [0, 0.1) is 0 Å². The van der Waals surface area contributed by atoms with Crippen LogP contribution in [0.15, 0.2) is 18.2 Å². The number of alkyl halides is 1. The molecule has 98 valence electrons. The number of para-hydroxylation sites is 1. The molecule has 0 aliphatic heterocycles. The molecule has 0 bridgehead atoms. The van der Waals surface area contributed by atoms with E-state index in [2.05, 4.69) is 30.3 Å². The van der Waals surface area contributed by atoms with E-state index in [0.29, 0.717) is 5.88 Å². The van der Waals surface area contributed by atoms with Crippen molar-refractivity contribution in [2.24, 2.45) is 0 Å². The minimum Gasteiger partial charge on any atom is -0.320 e. The van der Waals surface area contributed by atoms with Gasteiger partial charge in [0.25, 0.3) is 0 Å². The van der Waals surface area contributed by atoms with Gasteiger partial charge in [-0.3, -0.25) is 0 Å². The molecule has 4 heteroatoms. The van der Waals surface area contributed by atoms with Gasteiger partial charge in [-0.05, 0) is 31.9 Å². The molecule has 0 unspecified atom stereocenters. The topological polar surface area (TPSA) is 17.8 Å². The highest BCUT2D eigenvalue weighted by atomic mass is 35.5. The van der Waals surface area contributed by atoms with Gasteiger partial charge < -0.3 is 4.57 Å². The Labute approximate surface area is 118 Å². The van der Waals surface area contributed by atoms with Crippen LogP contribution in [0.3, 0.4) is 0 Å². The first-order valence-electron chi connectivity index (χ1n) is 6.29. The van der Waals surface area contributed by atoms with E-state index >= 15 is 0 Å². The van der Waals surface area contributed by atoms with Crippen molar-refractivity contribution in [2.75, 3.05) is 0 Å². The molecule has 2 nitrogen and oxygen atoms in total. The number of rotatable bonds is 4. The largest absolute Gasteiger partial charge is 0.320 e. The molecule has 0 N–H and O–H groups in total. The van der Waals surface area contributed by atoms with E-state index < -0.39 is 0 Å². The summed E-state index contributed by atoms with van der Waals surface area (Å²) in [6, 6.07) is 5.82. The van der Waals surface area contributed by atoms with Crippen molar-refractivity contribution in [1.82, 2.24) is 9.55 Å². The number of hydrogen-bond acceptors (Lipinski definition) is 1. The molecule has 0 saturated carbocycles. The maximum absolute atomic E-state index is 6.35. The third-order valence-electron chi connectivity index (χ3n) is 3.88. The molecule has 0 aliphatic carbocycles. The number of imidazole rings is 1. The monoisotopic (exact) mass is 284 g/mol. The summed E-state index contributed by atoms with van der Waals surface area (Å²) in [7, 11) is 0. The second-order valence-corrected chi connectivity index (χ2v) is 5.48. The van der Waals surface area contributed by atoms with Crippen molar-refractivity contribution in [3.8, 4) is 0 Å². The predicted octanol–water partition coefficient (Wildman–Crippen LogP) is 4.96. The fourth-order valence-electron chi connectivity index (χ4n) is 2.37. The van der Waals surface area contributed by atoms with Gasteiger partial charge in [0.1, 0.15) is 5.82 Å². The van der Waals surface area contributed by atoms with Gasteiger partial charge in [0.15, 0.2) is 0 Å². The lowest BCUT2D eigenvalue weighted by Gasteiger charge is -2.31. The maximum atomic E-state index is 6.35. The van der Waals surface area contributed by atoms with E-state index in [1.807, 2.05) is 18.2 Å². The molecule has 0 spiro atoms. The normalized spacial score (nSPS) is 12.3. The Morgan fingerprint density at radius 1 is 1.28 bits per heavy atom. The molecule has 0 aliphatic rings. The zero-order valence-electron chi connectivity index (χ0n) is 11.0. The van der Waals surface area contributed by atoms with Crippen LogP contribution in [0.1, 0.15) is 39.4 Å². The smallest absolute Gasteiger partial charge is 0.125 e.